The molecule has 2 aromatic carbocycles. The van der Waals surface area contributed by atoms with E-state index in [9.17, 15) is 14.4 Å². The number of carbonyl (C=O) groups excluding carboxylic acids is 3. The molecule has 0 aliphatic heterocycles. The Bertz CT molecular complexity index is 807. The molecule has 7 nitrogen and oxygen atoms in total. The molecular formula is C22H27N3O4. The maximum absolute atomic E-state index is 12.7. The van der Waals surface area contributed by atoms with Gasteiger partial charge < -0.3 is 20.7 Å². The summed E-state index contributed by atoms with van der Waals surface area (Å²) >= 11 is 0. The van der Waals surface area contributed by atoms with Crippen LogP contribution in [0.15, 0.2) is 54.6 Å². The molecule has 7 heteroatoms. The molecule has 0 aliphatic carbocycles. The van der Waals surface area contributed by atoms with E-state index in [1.54, 1.807) is 36.4 Å². The van der Waals surface area contributed by atoms with Crippen LogP contribution in [-0.4, -0.2) is 37.5 Å². The molecule has 2 rings (SSSR count). The topological polar surface area (TPSA) is 96.5 Å². The lowest BCUT2D eigenvalue weighted by Crippen LogP contribution is -2.40. The highest BCUT2D eigenvalue weighted by molar-refractivity contribution is 5.98. The molecule has 3 N–H and O–H groups in total. The Hall–Kier alpha value is -3.19. The molecule has 0 fully saturated rings. The lowest BCUT2D eigenvalue weighted by molar-refractivity contribution is -0.123. The number of amides is 3. The average Bonchev–Trinajstić information content (AvgIpc) is 2.72. The van der Waals surface area contributed by atoms with Crippen molar-refractivity contribution in [2.75, 3.05) is 25.1 Å². The van der Waals surface area contributed by atoms with Gasteiger partial charge in [-0.25, -0.2) is 0 Å². The van der Waals surface area contributed by atoms with Gasteiger partial charge >= 0.3 is 0 Å². The van der Waals surface area contributed by atoms with Crippen LogP contribution in [0.1, 0.15) is 42.2 Å². The van der Waals surface area contributed by atoms with Gasteiger partial charge in [0.1, 0.15) is 6.04 Å². The summed E-state index contributed by atoms with van der Waals surface area (Å²) in [7, 11) is 0. The van der Waals surface area contributed by atoms with E-state index in [2.05, 4.69) is 16.0 Å². The van der Waals surface area contributed by atoms with Crippen molar-refractivity contribution in [3.05, 3.63) is 65.7 Å². The molecule has 0 radical (unpaired) electrons. The number of hydrogen-bond donors (Lipinski definition) is 3. The van der Waals surface area contributed by atoms with Crippen LogP contribution in [-0.2, 0) is 14.3 Å². The maximum atomic E-state index is 12.7. The minimum Gasteiger partial charge on any atom is -0.382 e. The first kappa shape index (κ1) is 22.1. The van der Waals surface area contributed by atoms with E-state index in [-0.39, 0.29) is 17.7 Å². The van der Waals surface area contributed by atoms with Crippen molar-refractivity contribution in [2.24, 2.45) is 0 Å². The van der Waals surface area contributed by atoms with Gasteiger partial charge in [-0.3, -0.25) is 14.4 Å². The number of carbonyl (C=O) groups is 3. The lowest BCUT2D eigenvalue weighted by atomic mass is 10.1. The van der Waals surface area contributed by atoms with Crippen LogP contribution in [0, 0.1) is 0 Å². The highest BCUT2D eigenvalue weighted by atomic mass is 16.5. The summed E-state index contributed by atoms with van der Waals surface area (Å²) in [6.07, 6.45) is 0.694. The Labute approximate surface area is 170 Å². The lowest BCUT2D eigenvalue weighted by Gasteiger charge is -2.19. The largest absolute Gasteiger partial charge is 0.382 e. The normalized spacial score (nSPS) is 11.4. The van der Waals surface area contributed by atoms with Crippen LogP contribution in [0.2, 0.25) is 0 Å². The second kappa shape index (κ2) is 11.6. The molecule has 154 valence electrons. The molecule has 1 atom stereocenters. The Morgan fingerprint density at radius 2 is 1.69 bits per heavy atom. The SMILES string of the molecule is CCOCCCNC(=O)[C@H](NC(=O)c1ccc(NC(C)=O)cc1)c1ccccc1. The van der Waals surface area contributed by atoms with Crippen molar-refractivity contribution in [2.45, 2.75) is 26.3 Å². The van der Waals surface area contributed by atoms with E-state index in [1.165, 1.54) is 6.92 Å². The maximum Gasteiger partial charge on any atom is 0.252 e. The predicted molar refractivity (Wildman–Crippen MR) is 112 cm³/mol. The molecule has 0 heterocycles. The van der Waals surface area contributed by atoms with Crippen molar-refractivity contribution < 1.29 is 19.1 Å². The fraction of sp³-hybridized carbons (Fsp3) is 0.318. The first-order chi connectivity index (χ1) is 14.0. The second-order valence-electron chi connectivity index (χ2n) is 6.42. The van der Waals surface area contributed by atoms with E-state index < -0.39 is 6.04 Å². The fourth-order valence-electron chi connectivity index (χ4n) is 2.70. The quantitative estimate of drug-likeness (QED) is 0.537. The summed E-state index contributed by atoms with van der Waals surface area (Å²) < 4.78 is 5.27. The van der Waals surface area contributed by atoms with E-state index in [4.69, 9.17) is 4.74 Å². The smallest absolute Gasteiger partial charge is 0.252 e. The van der Waals surface area contributed by atoms with Crippen LogP contribution >= 0.6 is 0 Å². The van der Waals surface area contributed by atoms with Gasteiger partial charge in [0.25, 0.3) is 5.91 Å². The molecule has 2 aromatic rings. The fourth-order valence-corrected chi connectivity index (χ4v) is 2.70. The van der Waals surface area contributed by atoms with Gasteiger partial charge in [0.2, 0.25) is 11.8 Å². The van der Waals surface area contributed by atoms with Gasteiger partial charge in [-0.05, 0) is 43.2 Å². The number of hydrogen-bond acceptors (Lipinski definition) is 4. The first-order valence-corrected chi connectivity index (χ1v) is 9.60. The highest BCUT2D eigenvalue weighted by Gasteiger charge is 2.23. The van der Waals surface area contributed by atoms with Crippen molar-refractivity contribution in [1.29, 1.82) is 0 Å². The molecule has 0 bridgehead atoms. The number of rotatable bonds is 10. The molecular weight excluding hydrogens is 370 g/mol. The zero-order valence-electron chi connectivity index (χ0n) is 16.7. The van der Waals surface area contributed by atoms with E-state index in [0.29, 0.717) is 43.0 Å². The summed E-state index contributed by atoms with van der Waals surface area (Å²) in [5.41, 5.74) is 1.68. The summed E-state index contributed by atoms with van der Waals surface area (Å²) in [6, 6.07) is 14.7. The van der Waals surface area contributed by atoms with Crippen LogP contribution < -0.4 is 16.0 Å². The third-order valence-electron chi connectivity index (χ3n) is 4.11. The van der Waals surface area contributed by atoms with Gasteiger partial charge in [-0.1, -0.05) is 30.3 Å². The summed E-state index contributed by atoms with van der Waals surface area (Å²) in [5, 5.41) is 8.29. The van der Waals surface area contributed by atoms with Gasteiger partial charge in [-0.15, -0.1) is 0 Å². The number of anilines is 1. The molecule has 0 saturated carbocycles. The zero-order chi connectivity index (χ0) is 21.1. The van der Waals surface area contributed by atoms with Gasteiger partial charge in [0.15, 0.2) is 0 Å². The van der Waals surface area contributed by atoms with E-state index in [1.807, 2.05) is 25.1 Å². The standard InChI is InChI=1S/C22H27N3O4/c1-3-29-15-7-14-23-22(28)20(17-8-5-4-6-9-17)25-21(27)18-10-12-19(13-11-18)24-16(2)26/h4-6,8-13,20H,3,7,14-15H2,1-2H3,(H,23,28)(H,24,26)(H,25,27)/t20-/m1/s1. The average molecular weight is 397 g/mol. The molecule has 0 spiro atoms. The molecule has 29 heavy (non-hydrogen) atoms. The van der Waals surface area contributed by atoms with E-state index in [0.717, 1.165) is 0 Å². The van der Waals surface area contributed by atoms with Gasteiger partial charge in [0.05, 0.1) is 0 Å². The Morgan fingerprint density at radius 1 is 1.00 bits per heavy atom. The Balaban J connectivity index is 2.06. The third kappa shape index (κ3) is 7.38. The summed E-state index contributed by atoms with van der Waals surface area (Å²) in [6.45, 7) is 5.00. The summed E-state index contributed by atoms with van der Waals surface area (Å²) in [5.74, 6) is -0.846. The van der Waals surface area contributed by atoms with Crippen molar-refractivity contribution in [3.63, 3.8) is 0 Å². The minimum atomic E-state index is -0.814. The van der Waals surface area contributed by atoms with E-state index >= 15 is 0 Å². The Kier molecular flexibility index (Phi) is 8.85. The van der Waals surface area contributed by atoms with Crippen LogP contribution in [0.25, 0.3) is 0 Å². The second-order valence-corrected chi connectivity index (χ2v) is 6.42. The van der Waals surface area contributed by atoms with Crippen molar-refractivity contribution in [1.82, 2.24) is 10.6 Å². The molecule has 0 unspecified atom stereocenters. The van der Waals surface area contributed by atoms with Crippen LogP contribution in [0.4, 0.5) is 5.69 Å². The monoisotopic (exact) mass is 397 g/mol. The molecule has 0 aromatic heterocycles. The first-order valence-electron chi connectivity index (χ1n) is 9.60. The number of benzene rings is 2. The molecule has 0 aliphatic rings. The minimum absolute atomic E-state index is 0.188. The third-order valence-corrected chi connectivity index (χ3v) is 4.11. The van der Waals surface area contributed by atoms with Crippen molar-refractivity contribution in [3.8, 4) is 0 Å². The van der Waals surface area contributed by atoms with Crippen molar-refractivity contribution >= 4 is 23.4 Å². The zero-order valence-corrected chi connectivity index (χ0v) is 16.7. The van der Waals surface area contributed by atoms with Gasteiger partial charge in [-0.2, -0.15) is 0 Å². The number of ether oxygens (including phenoxy) is 1. The predicted octanol–water partition coefficient (Wildman–Crippen LogP) is 2.66. The highest BCUT2D eigenvalue weighted by Crippen LogP contribution is 2.15. The Morgan fingerprint density at radius 3 is 2.31 bits per heavy atom. The summed E-state index contributed by atoms with van der Waals surface area (Å²) in [4.78, 5) is 36.5. The van der Waals surface area contributed by atoms with Crippen LogP contribution in [0.3, 0.4) is 0 Å². The molecule has 3 amide bonds. The van der Waals surface area contributed by atoms with Crippen LogP contribution in [0.5, 0.6) is 0 Å². The molecule has 0 saturated heterocycles. The number of nitrogens with one attached hydrogen (secondary N) is 3. The van der Waals surface area contributed by atoms with Gasteiger partial charge in [0, 0.05) is 37.9 Å².